The van der Waals surface area contributed by atoms with Crippen LogP contribution in [0.5, 0.6) is 11.5 Å². The van der Waals surface area contributed by atoms with Gasteiger partial charge in [-0.1, -0.05) is 12.1 Å². The molecule has 5 nitrogen and oxygen atoms in total. The highest BCUT2D eigenvalue weighted by Crippen LogP contribution is 2.46. The number of carbonyl (C=O) groups excluding carboxylic acids is 1. The predicted octanol–water partition coefficient (Wildman–Crippen LogP) is 2.50. The highest BCUT2D eigenvalue weighted by Gasteiger charge is 2.43. The Kier molecular flexibility index (Phi) is 4.31. The quantitative estimate of drug-likeness (QED) is 0.799. The molecule has 2 aliphatic heterocycles. The summed E-state index contributed by atoms with van der Waals surface area (Å²) in [5, 5.41) is 0. The molecule has 0 amide bonds. The van der Waals surface area contributed by atoms with Crippen molar-refractivity contribution in [1.29, 1.82) is 0 Å². The van der Waals surface area contributed by atoms with Crippen LogP contribution in [0.15, 0.2) is 23.8 Å². The maximum absolute atomic E-state index is 12.5. The largest absolute Gasteiger partial charge is 0.493 e. The Balaban J connectivity index is 2.19. The first-order chi connectivity index (χ1) is 11.1. The molecule has 1 aromatic rings. The van der Waals surface area contributed by atoms with Gasteiger partial charge in [0.05, 0.1) is 26.9 Å². The zero-order valence-electron chi connectivity index (χ0n) is 14.1. The Labute approximate surface area is 136 Å². The van der Waals surface area contributed by atoms with Gasteiger partial charge in [0, 0.05) is 17.6 Å². The molecule has 0 saturated carbocycles. The number of ether oxygens (including phenoxy) is 3. The van der Waals surface area contributed by atoms with Gasteiger partial charge in [-0.05, 0) is 37.9 Å². The maximum Gasteiger partial charge on any atom is 0.335 e. The highest BCUT2D eigenvalue weighted by molar-refractivity contribution is 6.00. The standard InChI is InChI=1S/C18H23NO4/c1-19-11-8-9-14(19)16(18(20)23-4)13(10-11)12-6-5-7-15(21-2)17(12)22-3/h5-7,11,14H,8-10H2,1-4H3/t11-,14+/m0/s1. The van der Waals surface area contributed by atoms with E-state index in [9.17, 15) is 4.79 Å². The molecule has 0 radical (unpaired) electrons. The van der Waals surface area contributed by atoms with Gasteiger partial charge in [-0.2, -0.15) is 0 Å². The number of nitrogens with zero attached hydrogens (tertiary/aromatic N) is 1. The van der Waals surface area contributed by atoms with Crippen molar-refractivity contribution >= 4 is 11.5 Å². The van der Waals surface area contributed by atoms with Gasteiger partial charge >= 0.3 is 5.97 Å². The Morgan fingerprint density at radius 1 is 1.17 bits per heavy atom. The average molecular weight is 317 g/mol. The number of likely N-dealkylation sites (N-methyl/N-ethyl adjacent to an activating group) is 1. The van der Waals surface area contributed by atoms with Gasteiger partial charge in [-0.3, -0.25) is 4.90 Å². The van der Waals surface area contributed by atoms with Gasteiger partial charge in [0.15, 0.2) is 11.5 Å². The van der Waals surface area contributed by atoms with E-state index in [-0.39, 0.29) is 12.0 Å². The van der Waals surface area contributed by atoms with Crippen LogP contribution in [0.4, 0.5) is 0 Å². The Morgan fingerprint density at radius 2 is 1.96 bits per heavy atom. The second-order valence-corrected chi connectivity index (χ2v) is 6.04. The fraction of sp³-hybridized carbons (Fsp3) is 0.500. The van der Waals surface area contributed by atoms with Crippen molar-refractivity contribution < 1.29 is 19.0 Å². The minimum atomic E-state index is -0.248. The molecule has 2 heterocycles. The fourth-order valence-electron chi connectivity index (χ4n) is 3.90. The van der Waals surface area contributed by atoms with Crippen molar-refractivity contribution in [3.63, 3.8) is 0 Å². The van der Waals surface area contributed by atoms with Crippen molar-refractivity contribution in [2.45, 2.75) is 31.3 Å². The molecule has 0 unspecified atom stereocenters. The van der Waals surface area contributed by atoms with Gasteiger partial charge in [0.2, 0.25) is 0 Å². The molecule has 124 valence electrons. The molecule has 0 aromatic heterocycles. The van der Waals surface area contributed by atoms with Crippen LogP contribution in [0.3, 0.4) is 0 Å². The number of hydrogen-bond acceptors (Lipinski definition) is 5. The summed E-state index contributed by atoms with van der Waals surface area (Å²) in [6, 6.07) is 6.36. The molecular formula is C18H23NO4. The number of para-hydroxylation sites is 1. The molecule has 2 bridgehead atoms. The van der Waals surface area contributed by atoms with Crippen molar-refractivity contribution in [2.24, 2.45) is 0 Å². The molecule has 0 N–H and O–H groups in total. The number of carbonyl (C=O) groups is 1. The number of benzene rings is 1. The van der Waals surface area contributed by atoms with Crippen LogP contribution >= 0.6 is 0 Å². The molecule has 1 fully saturated rings. The van der Waals surface area contributed by atoms with E-state index in [4.69, 9.17) is 14.2 Å². The fourth-order valence-corrected chi connectivity index (χ4v) is 3.90. The Hall–Kier alpha value is -2.01. The first-order valence-electron chi connectivity index (χ1n) is 7.87. The molecule has 0 spiro atoms. The van der Waals surface area contributed by atoms with E-state index in [1.54, 1.807) is 14.2 Å². The zero-order chi connectivity index (χ0) is 16.6. The molecule has 3 rings (SSSR count). The van der Waals surface area contributed by atoms with Crippen LogP contribution in [0.2, 0.25) is 0 Å². The number of methoxy groups -OCH3 is 3. The van der Waals surface area contributed by atoms with Crippen molar-refractivity contribution in [3.8, 4) is 11.5 Å². The normalized spacial score (nSPS) is 23.8. The van der Waals surface area contributed by atoms with Gasteiger partial charge in [-0.15, -0.1) is 0 Å². The van der Waals surface area contributed by atoms with Gasteiger partial charge in [-0.25, -0.2) is 4.79 Å². The molecule has 23 heavy (non-hydrogen) atoms. The van der Waals surface area contributed by atoms with E-state index in [0.717, 1.165) is 36.0 Å². The lowest BCUT2D eigenvalue weighted by molar-refractivity contribution is -0.136. The monoisotopic (exact) mass is 317 g/mol. The minimum Gasteiger partial charge on any atom is -0.493 e. The Morgan fingerprint density at radius 3 is 2.61 bits per heavy atom. The molecule has 2 aliphatic rings. The summed E-state index contributed by atoms with van der Waals surface area (Å²) in [7, 11) is 6.78. The lowest BCUT2D eigenvalue weighted by Crippen LogP contribution is -2.40. The van der Waals surface area contributed by atoms with Crippen LogP contribution in [0, 0.1) is 0 Å². The molecule has 1 saturated heterocycles. The van der Waals surface area contributed by atoms with Crippen LogP contribution in [0.25, 0.3) is 5.57 Å². The third-order valence-corrected chi connectivity index (χ3v) is 5.07. The summed E-state index contributed by atoms with van der Waals surface area (Å²) in [6.07, 6.45) is 2.90. The summed E-state index contributed by atoms with van der Waals surface area (Å²) in [5.74, 6) is 1.10. The van der Waals surface area contributed by atoms with E-state index in [1.165, 1.54) is 7.11 Å². The second kappa shape index (κ2) is 6.24. The lowest BCUT2D eigenvalue weighted by Gasteiger charge is -2.34. The van der Waals surface area contributed by atoms with Gasteiger partial charge in [0.25, 0.3) is 0 Å². The Bertz CT molecular complexity index is 652. The van der Waals surface area contributed by atoms with Crippen LogP contribution in [-0.4, -0.2) is 51.3 Å². The van der Waals surface area contributed by atoms with E-state index in [2.05, 4.69) is 11.9 Å². The first kappa shape index (κ1) is 15.9. The lowest BCUT2D eigenvalue weighted by atomic mass is 9.88. The number of rotatable bonds is 4. The highest BCUT2D eigenvalue weighted by atomic mass is 16.5. The number of esters is 1. The van der Waals surface area contributed by atoms with Gasteiger partial charge < -0.3 is 14.2 Å². The zero-order valence-corrected chi connectivity index (χ0v) is 14.1. The first-order valence-corrected chi connectivity index (χ1v) is 7.87. The van der Waals surface area contributed by atoms with Crippen LogP contribution < -0.4 is 9.47 Å². The third-order valence-electron chi connectivity index (χ3n) is 5.07. The second-order valence-electron chi connectivity index (χ2n) is 6.04. The third kappa shape index (κ3) is 2.49. The average Bonchev–Trinajstić information content (AvgIpc) is 2.82. The number of fused-ring (bicyclic) bond motifs is 2. The predicted molar refractivity (Wildman–Crippen MR) is 87.7 cm³/mol. The summed E-state index contributed by atoms with van der Waals surface area (Å²) in [4.78, 5) is 14.8. The summed E-state index contributed by atoms with van der Waals surface area (Å²) < 4.78 is 16.1. The maximum atomic E-state index is 12.5. The smallest absolute Gasteiger partial charge is 0.335 e. The molecule has 0 aliphatic carbocycles. The van der Waals surface area contributed by atoms with E-state index in [0.29, 0.717) is 17.5 Å². The van der Waals surface area contributed by atoms with Crippen molar-refractivity contribution in [2.75, 3.05) is 28.4 Å². The van der Waals surface area contributed by atoms with E-state index >= 15 is 0 Å². The summed E-state index contributed by atoms with van der Waals surface area (Å²) >= 11 is 0. The van der Waals surface area contributed by atoms with Crippen molar-refractivity contribution in [3.05, 3.63) is 29.3 Å². The molecule has 1 aromatic carbocycles. The molecule has 5 heteroatoms. The molecular weight excluding hydrogens is 294 g/mol. The van der Waals surface area contributed by atoms with E-state index < -0.39 is 0 Å². The van der Waals surface area contributed by atoms with E-state index in [1.807, 2.05) is 18.2 Å². The SMILES string of the molecule is COC(=O)C1=C(c2cccc(OC)c2OC)C[C@@H]2CC[C@H]1N2C. The summed E-state index contributed by atoms with van der Waals surface area (Å²) in [5.41, 5.74) is 2.71. The van der Waals surface area contributed by atoms with Crippen molar-refractivity contribution in [1.82, 2.24) is 4.90 Å². The number of hydrogen-bond donors (Lipinski definition) is 0. The van der Waals surface area contributed by atoms with Crippen LogP contribution in [0.1, 0.15) is 24.8 Å². The summed E-state index contributed by atoms with van der Waals surface area (Å²) in [6.45, 7) is 0. The minimum absolute atomic E-state index is 0.118. The van der Waals surface area contributed by atoms with Gasteiger partial charge in [0.1, 0.15) is 0 Å². The molecule has 2 atom stereocenters. The van der Waals surface area contributed by atoms with Crippen LogP contribution in [-0.2, 0) is 9.53 Å². The topological polar surface area (TPSA) is 48.0 Å².